The molecule has 0 aromatic heterocycles. The third-order valence-corrected chi connectivity index (χ3v) is 4.91. The van der Waals surface area contributed by atoms with Crippen molar-refractivity contribution in [1.29, 1.82) is 0 Å². The smallest absolute Gasteiger partial charge is 0.322 e. The molecule has 1 atom stereocenters. The van der Waals surface area contributed by atoms with Gasteiger partial charge in [0.1, 0.15) is 11.3 Å². The van der Waals surface area contributed by atoms with Crippen LogP contribution in [-0.2, 0) is 11.2 Å². The van der Waals surface area contributed by atoms with Crippen molar-refractivity contribution in [3.63, 3.8) is 0 Å². The van der Waals surface area contributed by atoms with Gasteiger partial charge in [0, 0.05) is 12.0 Å². The van der Waals surface area contributed by atoms with Gasteiger partial charge in [0.2, 0.25) is 0 Å². The summed E-state index contributed by atoms with van der Waals surface area (Å²) >= 11 is 0. The predicted molar refractivity (Wildman–Crippen MR) is 101 cm³/mol. The number of Topliss-reactive ketones (excluding diaryl/α,β-unsaturated/α-hetero) is 1. The van der Waals surface area contributed by atoms with E-state index in [1.165, 1.54) is 6.07 Å². The molecule has 1 aliphatic carbocycles. The number of amides is 3. The second-order valence-electron chi connectivity index (χ2n) is 6.62. The maximum Gasteiger partial charge on any atom is 0.322 e. The monoisotopic (exact) mass is 366 g/mol. The van der Waals surface area contributed by atoms with Crippen LogP contribution in [0.4, 0.5) is 4.79 Å². The number of nitrogens with one attached hydrogen (secondary N) is 2. The second-order valence-corrected chi connectivity index (χ2v) is 6.62. The third kappa shape index (κ3) is 3.69. The number of ketones is 1. The topological polar surface area (TPSA) is 95.5 Å². The Kier molecular flexibility index (Phi) is 5.26. The summed E-state index contributed by atoms with van der Waals surface area (Å²) < 4.78 is 0. The van der Waals surface area contributed by atoms with Gasteiger partial charge in [0.25, 0.3) is 5.91 Å². The van der Waals surface area contributed by atoms with Gasteiger partial charge >= 0.3 is 6.03 Å². The molecular weight excluding hydrogens is 344 g/mol. The second kappa shape index (κ2) is 7.61. The molecular formula is C21H22N2O4. The van der Waals surface area contributed by atoms with Gasteiger partial charge in [-0.1, -0.05) is 37.3 Å². The van der Waals surface area contributed by atoms with Crippen molar-refractivity contribution in [2.24, 2.45) is 0 Å². The van der Waals surface area contributed by atoms with Crippen LogP contribution in [0, 0.1) is 0 Å². The number of benzene rings is 1. The summed E-state index contributed by atoms with van der Waals surface area (Å²) in [6.45, 7) is 1.91. The molecule has 2 aliphatic rings. The Morgan fingerprint density at radius 3 is 2.78 bits per heavy atom. The highest BCUT2D eigenvalue weighted by Gasteiger charge is 2.48. The minimum atomic E-state index is -1.26. The normalized spacial score (nSPS) is 21.4. The van der Waals surface area contributed by atoms with E-state index in [2.05, 4.69) is 10.6 Å². The zero-order chi connectivity index (χ0) is 19.4. The molecule has 1 unspecified atom stereocenters. The first-order valence-electron chi connectivity index (χ1n) is 8.99. The molecule has 0 radical (unpaired) electrons. The number of hydrogen-bond donors (Lipinski definition) is 3. The lowest BCUT2D eigenvalue weighted by Crippen LogP contribution is -2.48. The number of aryl methyl sites for hydroxylation is 1. The number of carbonyl (C=O) groups is 3. The van der Waals surface area contributed by atoms with E-state index in [1.807, 2.05) is 31.2 Å². The molecule has 0 saturated carbocycles. The van der Waals surface area contributed by atoms with Gasteiger partial charge in [-0.25, -0.2) is 4.79 Å². The van der Waals surface area contributed by atoms with Crippen molar-refractivity contribution >= 4 is 17.7 Å². The molecule has 140 valence electrons. The predicted octanol–water partition coefficient (Wildman–Crippen LogP) is 2.94. The maximum absolute atomic E-state index is 12.8. The SMILES string of the molecule is CCc1cc(O)ccc1C(=O)CCC1(C2=CC=CCC=C2)NC(=O)NC1=O. The van der Waals surface area contributed by atoms with E-state index in [0.29, 0.717) is 17.6 Å². The quantitative estimate of drug-likeness (QED) is 0.533. The number of imide groups is 1. The summed E-state index contributed by atoms with van der Waals surface area (Å²) in [4.78, 5) is 37.2. The number of hydrogen-bond acceptors (Lipinski definition) is 4. The van der Waals surface area contributed by atoms with Crippen molar-refractivity contribution in [2.45, 2.75) is 38.1 Å². The number of allylic oxidation sites excluding steroid dienone is 4. The fraction of sp³-hybridized carbons (Fsp3) is 0.286. The van der Waals surface area contributed by atoms with Crippen molar-refractivity contribution in [2.75, 3.05) is 0 Å². The van der Waals surface area contributed by atoms with Gasteiger partial charge in [0.15, 0.2) is 5.78 Å². The fourth-order valence-corrected chi connectivity index (χ4v) is 3.46. The van der Waals surface area contributed by atoms with Gasteiger partial charge < -0.3 is 10.4 Å². The van der Waals surface area contributed by atoms with Crippen LogP contribution in [0.15, 0.2) is 54.2 Å². The van der Waals surface area contributed by atoms with Crippen LogP contribution in [0.1, 0.15) is 42.1 Å². The van der Waals surface area contributed by atoms with Gasteiger partial charge in [-0.15, -0.1) is 0 Å². The van der Waals surface area contributed by atoms with E-state index in [1.54, 1.807) is 18.2 Å². The van der Waals surface area contributed by atoms with Crippen LogP contribution in [-0.4, -0.2) is 28.4 Å². The summed E-state index contributed by atoms with van der Waals surface area (Å²) in [6.07, 6.45) is 10.9. The Morgan fingerprint density at radius 1 is 1.26 bits per heavy atom. The zero-order valence-electron chi connectivity index (χ0n) is 15.1. The van der Waals surface area contributed by atoms with Gasteiger partial charge in [-0.05, 0) is 48.6 Å². The molecule has 1 fully saturated rings. The Morgan fingerprint density at radius 2 is 2.07 bits per heavy atom. The molecule has 1 aromatic rings. The molecule has 0 bridgehead atoms. The third-order valence-electron chi connectivity index (χ3n) is 4.91. The van der Waals surface area contributed by atoms with Gasteiger partial charge in [-0.3, -0.25) is 14.9 Å². The minimum Gasteiger partial charge on any atom is -0.508 e. The van der Waals surface area contributed by atoms with E-state index in [-0.39, 0.29) is 24.4 Å². The first kappa shape index (κ1) is 18.6. The van der Waals surface area contributed by atoms with Crippen LogP contribution < -0.4 is 10.6 Å². The molecule has 27 heavy (non-hydrogen) atoms. The lowest BCUT2D eigenvalue weighted by atomic mass is 9.83. The van der Waals surface area contributed by atoms with Gasteiger partial charge in [0.05, 0.1) is 0 Å². The molecule has 1 saturated heterocycles. The number of phenols is 1. The van der Waals surface area contributed by atoms with Gasteiger partial charge in [-0.2, -0.15) is 0 Å². The molecule has 0 spiro atoms. The highest BCUT2D eigenvalue weighted by molar-refractivity contribution is 6.10. The highest BCUT2D eigenvalue weighted by atomic mass is 16.3. The number of phenolic OH excluding ortho intramolecular Hbond substituents is 1. The number of carbonyl (C=O) groups excluding carboxylic acids is 3. The molecule has 1 heterocycles. The van der Waals surface area contributed by atoms with Crippen molar-refractivity contribution < 1.29 is 19.5 Å². The summed E-state index contributed by atoms with van der Waals surface area (Å²) in [5.74, 6) is -0.468. The summed E-state index contributed by atoms with van der Waals surface area (Å²) in [7, 11) is 0. The number of rotatable bonds is 6. The first-order chi connectivity index (χ1) is 13.0. The Labute approximate surface area is 157 Å². The van der Waals surface area contributed by atoms with Crippen LogP contribution >= 0.6 is 0 Å². The molecule has 6 heteroatoms. The van der Waals surface area contributed by atoms with Crippen LogP contribution in [0.25, 0.3) is 0 Å². The molecule has 3 N–H and O–H groups in total. The first-order valence-corrected chi connectivity index (χ1v) is 8.99. The summed E-state index contributed by atoms with van der Waals surface area (Å²) in [5, 5.41) is 14.6. The van der Waals surface area contributed by atoms with Crippen molar-refractivity contribution in [1.82, 2.24) is 10.6 Å². The molecule has 6 nitrogen and oxygen atoms in total. The van der Waals surface area contributed by atoms with E-state index in [0.717, 1.165) is 12.0 Å². The molecule has 1 aromatic carbocycles. The van der Waals surface area contributed by atoms with E-state index < -0.39 is 17.5 Å². The van der Waals surface area contributed by atoms with E-state index in [9.17, 15) is 19.5 Å². The summed E-state index contributed by atoms with van der Waals surface area (Å²) in [5.41, 5.74) is 0.668. The van der Waals surface area contributed by atoms with Crippen molar-refractivity contribution in [3.8, 4) is 5.75 Å². The molecule has 3 amide bonds. The lowest BCUT2D eigenvalue weighted by Gasteiger charge is -2.27. The fourth-order valence-electron chi connectivity index (χ4n) is 3.46. The summed E-state index contributed by atoms with van der Waals surface area (Å²) in [6, 6.07) is 4.10. The number of urea groups is 1. The number of aromatic hydroxyl groups is 1. The van der Waals surface area contributed by atoms with Crippen LogP contribution in [0.2, 0.25) is 0 Å². The zero-order valence-corrected chi connectivity index (χ0v) is 15.1. The van der Waals surface area contributed by atoms with Crippen molar-refractivity contribution in [3.05, 3.63) is 65.3 Å². The molecule has 1 aliphatic heterocycles. The minimum absolute atomic E-state index is 0.0837. The average molecular weight is 366 g/mol. The largest absolute Gasteiger partial charge is 0.508 e. The maximum atomic E-state index is 12.8. The molecule has 3 rings (SSSR count). The Hall–Kier alpha value is -3.15. The lowest BCUT2D eigenvalue weighted by molar-refractivity contribution is -0.122. The van der Waals surface area contributed by atoms with E-state index >= 15 is 0 Å². The Bertz CT molecular complexity index is 882. The Balaban J connectivity index is 1.87. The van der Waals surface area contributed by atoms with Crippen LogP contribution in [0.3, 0.4) is 0 Å². The van der Waals surface area contributed by atoms with Crippen LogP contribution in [0.5, 0.6) is 5.75 Å². The standard InChI is InChI=1S/C21H22N2O4/c1-2-14-13-16(24)9-10-17(14)18(25)11-12-21(19(26)22-20(27)23-21)15-7-5-3-4-6-8-15/h3,5-10,13,24H,2,4,11-12H2,1H3,(H2,22,23,26,27). The highest BCUT2D eigenvalue weighted by Crippen LogP contribution is 2.30. The van der Waals surface area contributed by atoms with E-state index in [4.69, 9.17) is 0 Å². The average Bonchev–Trinajstić information content (AvgIpc) is 2.83.